The monoisotopic (exact) mass is 523 g/mol. The third-order valence-corrected chi connectivity index (χ3v) is 6.11. The third kappa shape index (κ3) is 3.71. The lowest BCUT2D eigenvalue weighted by Crippen LogP contribution is -2.11. The Labute approximate surface area is 189 Å². The maximum atomic E-state index is 12.5. The van der Waals surface area contributed by atoms with Gasteiger partial charge in [0.15, 0.2) is 11.5 Å². The van der Waals surface area contributed by atoms with Gasteiger partial charge in [0.1, 0.15) is 0 Å². The molecule has 3 heterocycles. The molecule has 0 aliphatic carbocycles. The van der Waals surface area contributed by atoms with Crippen LogP contribution in [0.15, 0.2) is 78.2 Å². The summed E-state index contributed by atoms with van der Waals surface area (Å²) in [4.78, 5) is 13.5. The minimum Gasteiger partial charge on any atom is -0.322 e. The molecule has 0 fully saturated rings. The van der Waals surface area contributed by atoms with Gasteiger partial charge in [-0.05, 0) is 82.6 Å². The van der Waals surface area contributed by atoms with E-state index in [1.807, 2.05) is 78.2 Å². The number of thiophene rings is 1. The zero-order chi connectivity index (χ0) is 20.5. The van der Waals surface area contributed by atoms with Gasteiger partial charge in [-0.2, -0.15) is 9.61 Å². The topological polar surface area (TPSA) is 72.2 Å². The first-order chi connectivity index (χ1) is 14.7. The minimum atomic E-state index is -0.147. The van der Waals surface area contributed by atoms with Crippen LogP contribution in [0.3, 0.4) is 0 Å². The van der Waals surface area contributed by atoms with Gasteiger partial charge in [0, 0.05) is 20.4 Å². The van der Waals surface area contributed by atoms with Crippen molar-refractivity contribution in [3.63, 3.8) is 0 Å². The van der Waals surface area contributed by atoms with Crippen LogP contribution in [0.1, 0.15) is 10.4 Å². The van der Waals surface area contributed by atoms with E-state index < -0.39 is 0 Å². The molecule has 0 spiro atoms. The van der Waals surface area contributed by atoms with Gasteiger partial charge in [-0.15, -0.1) is 21.5 Å². The van der Waals surface area contributed by atoms with Gasteiger partial charge in [0.2, 0.25) is 0 Å². The lowest BCUT2D eigenvalue weighted by atomic mass is 10.1. The Morgan fingerprint density at radius 1 is 0.967 bits per heavy atom. The minimum absolute atomic E-state index is 0.147. The molecular weight excluding hydrogens is 509 g/mol. The number of benzene rings is 2. The van der Waals surface area contributed by atoms with Crippen LogP contribution in [0.4, 0.5) is 5.69 Å². The SMILES string of the molecule is O=C(Nc1cccc(-c2ccc3nnc(-c4cccs4)n3n2)c1)c1ccc(I)cc1. The molecular formula is C22H14IN5OS. The number of nitrogens with zero attached hydrogens (tertiary/aromatic N) is 4. The van der Waals surface area contributed by atoms with E-state index in [-0.39, 0.29) is 5.91 Å². The molecule has 0 radical (unpaired) electrons. The lowest BCUT2D eigenvalue weighted by molar-refractivity contribution is 0.102. The quantitative estimate of drug-likeness (QED) is 0.322. The van der Waals surface area contributed by atoms with E-state index in [9.17, 15) is 4.79 Å². The van der Waals surface area contributed by atoms with Crippen molar-refractivity contribution < 1.29 is 4.79 Å². The third-order valence-electron chi connectivity index (χ3n) is 4.53. The fourth-order valence-electron chi connectivity index (χ4n) is 3.06. The first kappa shape index (κ1) is 18.9. The second kappa shape index (κ2) is 7.96. The Morgan fingerprint density at radius 2 is 1.83 bits per heavy atom. The second-order valence-electron chi connectivity index (χ2n) is 6.53. The first-order valence-corrected chi connectivity index (χ1v) is 11.1. The summed E-state index contributed by atoms with van der Waals surface area (Å²) in [6, 6.07) is 22.9. The molecule has 5 rings (SSSR count). The molecule has 0 saturated heterocycles. The van der Waals surface area contributed by atoms with Crippen molar-refractivity contribution >= 4 is 51.2 Å². The predicted molar refractivity (Wildman–Crippen MR) is 127 cm³/mol. The van der Waals surface area contributed by atoms with Gasteiger partial charge < -0.3 is 5.32 Å². The average Bonchev–Trinajstić information content (AvgIpc) is 3.43. The standard InChI is InChI=1S/C22H14IN5OS/c23-16-8-6-14(7-9-16)22(29)24-17-4-1-3-15(13-17)18-10-11-20-25-26-21(28(20)27-18)19-5-2-12-30-19/h1-13H,(H,24,29). The molecule has 6 nitrogen and oxygen atoms in total. The maximum Gasteiger partial charge on any atom is 0.255 e. The molecule has 0 saturated carbocycles. The summed E-state index contributed by atoms with van der Waals surface area (Å²) in [5.41, 5.74) is 3.67. The van der Waals surface area contributed by atoms with E-state index in [1.54, 1.807) is 15.9 Å². The fourth-order valence-corrected chi connectivity index (χ4v) is 4.12. The lowest BCUT2D eigenvalue weighted by Gasteiger charge is -2.08. The second-order valence-corrected chi connectivity index (χ2v) is 8.72. The Kier molecular flexibility index (Phi) is 5.01. The van der Waals surface area contributed by atoms with Crippen molar-refractivity contribution in [1.29, 1.82) is 0 Å². The Morgan fingerprint density at radius 3 is 2.63 bits per heavy atom. The van der Waals surface area contributed by atoms with E-state index in [0.717, 1.165) is 19.7 Å². The number of rotatable bonds is 4. The molecule has 1 amide bonds. The average molecular weight is 523 g/mol. The van der Waals surface area contributed by atoms with Crippen molar-refractivity contribution in [2.75, 3.05) is 5.32 Å². The zero-order valence-electron chi connectivity index (χ0n) is 15.5. The molecule has 8 heteroatoms. The molecule has 5 aromatic rings. The number of amides is 1. The highest BCUT2D eigenvalue weighted by Crippen LogP contribution is 2.25. The van der Waals surface area contributed by atoms with Crippen LogP contribution in [0.5, 0.6) is 0 Å². The molecule has 2 aromatic carbocycles. The maximum absolute atomic E-state index is 12.5. The van der Waals surface area contributed by atoms with Crippen LogP contribution in [0, 0.1) is 3.57 Å². The predicted octanol–water partition coefficient (Wildman–Crippen LogP) is 5.38. The van der Waals surface area contributed by atoms with E-state index in [0.29, 0.717) is 22.7 Å². The van der Waals surface area contributed by atoms with Gasteiger partial charge in [-0.25, -0.2) is 0 Å². The molecule has 146 valence electrons. The van der Waals surface area contributed by atoms with Crippen molar-refractivity contribution in [3.8, 4) is 22.0 Å². The molecule has 0 unspecified atom stereocenters. The van der Waals surface area contributed by atoms with Gasteiger partial charge in [-0.1, -0.05) is 18.2 Å². The summed E-state index contributed by atoms with van der Waals surface area (Å²) < 4.78 is 2.83. The van der Waals surface area contributed by atoms with Crippen molar-refractivity contribution in [2.24, 2.45) is 0 Å². The molecule has 30 heavy (non-hydrogen) atoms. The number of carbonyl (C=O) groups is 1. The van der Waals surface area contributed by atoms with Crippen LogP contribution in [0.2, 0.25) is 0 Å². The zero-order valence-corrected chi connectivity index (χ0v) is 18.5. The van der Waals surface area contributed by atoms with E-state index >= 15 is 0 Å². The van der Waals surface area contributed by atoms with Crippen LogP contribution in [-0.4, -0.2) is 25.7 Å². The largest absolute Gasteiger partial charge is 0.322 e. The smallest absolute Gasteiger partial charge is 0.255 e. The molecule has 0 aliphatic heterocycles. The molecule has 0 aliphatic rings. The summed E-state index contributed by atoms with van der Waals surface area (Å²) in [6.45, 7) is 0. The summed E-state index contributed by atoms with van der Waals surface area (Å²) in [6.07, 6.45) is 0. The van der Waals surface area contributed by atoms with Gasteiger partial charge in [0.05, 0.1) is 10.6 Å². The molecule has 1 N–H and O–H groups in total. The number of fused-ring (bicyclic) bond motifs is 1. The van der Waals surface area contributed by atoms with Gasteiger partial charge in [-0.3, -0.25) is 4.79 Å². The number of nitrogens with one attached hydrogen (secondary N) is 1. The van der Waals surface area contributed by atoms with Crippen LogP contribution >= 0.6 is 33.9 Å². The highest BCUT2D eigenvalue weighted by molar-refractivity contribution is 14.1. The Hall–Kier alpha value is -3.11. The van der Waals surface area contributed by atoms with Crippen molar-refractivity contribution in [2.45, 2.75) is 0 Å². The van der Waals surface area contributed by atoms with Crippen LogP contribution in [-0.2, 0) is 0 Å². The van der Waals surface area contributed by atoms with E-state index in [2.05, 4.69) is 38.1 Å². The number of halogens is 1. The Balaban J connectivity index is 1.46. The summed E-state index contributed by atoms with van der Waals surface area (Å²) in [7, 11) is 0. The summed E-state index contributed by atoms with van der Waals surface area (Å²) >= 11 is 3.81. The number of hydrogen-bond acceptors (Lipinski definition) is 5. The molecule has 0 bridgehead atoms. The first-order valence-electron chi connectivity index (χ1n) is 9.11. The highest BCUT2D eigenvalue weighted by Gasteiger charge is 2.12. The summed E-state index contributed by atoms with van der Waals surface area (Å²) in [5.74, 6) is 0.566. The number of carbonyl (C=O) groups excluding carboxylic acids is 1. The van der Waals surface area contributed by atoms with E-state index in [4.69, 9.17) is 5.10 Å². The number of hydrogen-bond donors (Lipinski definition) is 1. The van der Waals surface area contributed by atoms with E-state index in [1.165, 1.54) is 0 Å². The number of aromatic nitrogens is 4. The fraction of sp³-hybridized carbons (Fsp3) is 0. The van der Waals surface area contributed by atoms with Crippen molar-refractivity contribution in [1.82, 2.24) is 19.8 Å². The Bertz CT molecular complexity index is 1350. The normalized spacial score (nSPS) is 11.0. The number of anilines is 1. The van der Waals surface area contributed by atoms with Gasteiger partial charge in [0.25, 0.3) is 5.91 Å². The highest BCUT2D eigenvalue weighted by atomic mass is 127. The van der Waals surface area contributed by atoms with Gasteiger partial charge >= 0.3 is 0 Å². The molecule has 0 atom stereocenters. The summed E-state index contributed by atoms with van der Waals surface area (Å²) in [5, 5.41) is 18.2. The molecule has 3 aromatic heterocycles. The van der Waals surface area contributed by atoms with Crippen molar-refractivity contribution in [3.05, 3.63) is 87.3 Å². The van der Waals surface area contributed by atoms with Crippen LogP contribution < -0.4 is 5.32 Å². The van der Waals surface area contributed by atoms with Crippen LogP contribution in [0.25, 0.3) is 27.6 Å².